The molecule has 0 saturated heterocycles. The second-order valence-electron chi connectivity index (χ2n) is 2.45. The largest absolute Gasteiger partial charge is 0.494 e. The van der Waals surface area contributed by atoms with Crippen LogP contribution >= 0.6 is 11.6 Å². The summed E-state index contributed by atoms with van der Waals surface area (Å²) < 4.78 is 5.05. The normalized spacial score (nSPS) is 9.67. The van der Waals surface area contributed by atoms with Crippen molar-refractivity contribution in [2.75, 3.05) is 12.5 Å². The Morgan fingerprint density at radius 3 is 2.67 bits per heavy atom. The van der Waals surface area contributed by atoms with Crippen LogP contribution in [0.3, 0.4) is 0 Å². The fourth-order valence-electron chi connectivity index (χ4n) is 0.945. The maximum Gasteiger partial charge on any atom is 0.144 e. The lowest BCUT2D eigenvalue weighted by Gasteiger charge is -2.09. The summed E-state index contributed by atoms with van der Waals surface area (Å²) in [6.07, 6.45) is 0. The molecule has 1 aromatic rings. The van der Waals surface area contributed by atoms with Crippen molar-refractivity contribution in [2.24, 2.45) is 5.84 Å². The van der Waals surface area contributed by atoms with Gasteiger partial charge in [0.2, 0.25) is 0 Å². The molecule has 0 saturated carbocycles. The van der Waals surface area contributed by atoms with Gasteiger partial charge in [-0.2, -0.15) is 0 Å². The molecule has 0 heterocycles. The van der Waals surface area contributed by atoms with Gasteiger partial charge < -0.3 is 10.2 Å². The number of ether oxygens (including phenoxy) is 1. The number of aryl methyl sites for hydroxylation is 1. The molecule has 0 aliphatic carbocycles. The van der Waals surface area contributed by atoms with Crippen molar-refractivity contribution in [3.8, 4) is 5.75 Å². The van der Waals surface area contributed by atoms with Gasteiger partial charge in [0.1, 0.15) is 5.75 Å². The van der Waals surface area contributed by atoms with Crippen molar-refractivity contribution in [2.45, 2.75) is 6.92 Å². The fraction of sp³-hybridized carbons (Fsp3) is 0.250. The minimum atomic E-state index is 0.646. The van der Waals surface area contributed by atoms with Crippen LogP contribution in [0.25, 0.3) is 0 Å². The summed E-state index contributed by atoms with van der Waals surface area (Å²) in [6.45, 7) is 1.91. The molecule has 0 atom stereocenters. The minimum Gasteiger partial charge on any atom is -0.494 e. The molecule has 4 heteroatoms. The molecule has 0 spiro atoms. The average Bonchev–Trinajstić information content (AvgIpc) is 2.09. The molecular formula is C8H11ClN2O. The van der Waals surface area contributed by atoms with Crippen LogP contribution in [0.2, 0.25) is 5.02 Å². The van der Waals surface area contributed by atoms with E-state index >= 15 is 0 Å². The fourth-order valence-corrected chi connectivity index (χ4v) is 1.10. The Bertz CT molecular complexity index is 260. The van der Waals surface area contributed by atoms with E-state index in [9.17, 15) is 0 Å². The number of halogens is 1. The smallest absolute Gasteiger partial charge is 0.144 e. The van der Waals surface area contributed by atoms with Crippen LogP contribution in [0.1, 0.15) is 5.56 Å². The lowest BCUT2D eigenvalue weighted by Crippen LogP contribution is -2.08. The van der Waals surface area contributed by atoms with E-state index < -0.39 is 0 Å². The van der Waals surface area contributed by atoms with Crippen LogP contribution in [0.15, 0.2) is 12.1 Å². The summed E-state index contributed by atoms with van der Waals surface area (Å²) in [5, 5.41) is 0.672. The van der Waals surface area contributed by atoms with Crippen LogP contribution < -0.4 is 16.0 Å². The average molecular weight is 187 g/mol. The Balaban J connectivity index is 3.19. The standard InChI is InChI=1S/C8H11ClN2O/c1-5-3-7(11-10)8(12-2)4-6(5)9/h3-4,11H,10H2,1-2H3. The van der Waals surface area contributed by atoms with Gasteiger partial charge in [-0.1, -0.05) is 11.6 Å². The number of methoxy groups -OCH3 is 1. The summed E-state index contributed by atoms with van der Waals surface area (Å²) >= 11 is 5.87. The first-order chi connectivity index (χ1) is 5.69. The highest BCUT2D eigenvalue weighted by atomic mass is 35.5. The van der Waals surface area contributed by atoms with Gasteiger partial charge in [-0.25, -0.2) is 0 Å². The number of hydrazine groups is 1. The van der Waals surface area contributed by atoms with Gasteiger partial charge in [0, 0.05) is 11.1 Å². The van der Waals surface area contributed by atoms with E-state index in [2.05, 4.69) is 5.43 Å². The van der Waals surface area contributed by atoms with E-state index in [1.807, 2.05) is 13.0 Å². The summed E-state index contributed by atoms with van der Waals surface area (Å²) in [5.41, 5.74) is 4.23. The van der Waals surface area contributed by atoms with E-state index in [0.717, 1.165) is 11.3 Å². The molecule has 12 heavy (non-hydrogen) atoms. The van der Waals surface area contributed by atoms with Crippen LogP contribution in [-0.2, 0) is 0 Å². The maximum atomic E-state index is 5.87. The molecule has 1 rings (SSSR count). The lowest BCUT2D eigenvalue weighted by molar-refractivity contribution is 0.416. The van der Waals surface area contributed by atoms with Crippen molar-refractivity contribution in [3.05, 3.63) is 22.7 Å². The molecule has 0 aliphatic heterocycles. The van der Waals surface area contributed by atoms with Crippen molar-refractivity contribution < 1.29 is 4.74 Å². The molecule has 3 nitrogen and oxygen atoms in total. The second kappa shape index (κ2) is 3.65. The van der Waals surface area contributed by atoms with Crippen molar-refractivity contribution in [3.63, 3.8) is 0 Å². The van der Waals surface area contributed by atoms with Gasteiger partial charge >= 0.3 is 0 Å². The molecule has 0 aliphatic rings. The van der Waals surface area contributed by atoms with Gasteiger partial charge in [-0.15, -0.1) is 0 Å². The van der Waals surface area contributed by atoms with Crippen LogP contribution in [0.4, 0.5) is 5.69 Å². The first-order valence-corrected chi connectivity index (χ1v) is 3.87. The molecular weight excluding hydrogens is 176 g/mol. The molecule has 0 amide bonds. The van der Waals surface area contributed by atoms with Crippen molar-refractivity contribution in [1.29, 1.82) is 0 Å². The Kier molecular flexibility index (Phi) is 2.78. The second-order valence-corrected chi connectivity index (χ2v) is 2.85. The predicted octanol–water partition coefficient (Wildman–Crippen LogP) is 1.94. The SMILES string of the molecule is COc1cc(Cl)c(C)cc1NN. The summed E-state index contributed by atoms with van der Waals surface area (Å²) in [7, 11) is 1.57. The van der Waals surface area contributed by atoms with Gasteiger partial charge in [0.15, 0.2) is 0 Å². The number of anilines is 1. The molecule has 3 N–H and O–H groups in total. The Morgan fingerprint density at radius 1 is 1.50 bits per heavy atom. The topological polar surface area (TPSA) is 47.3 Å². The Morgan fingerprint density at radius 2 is 2.17 bits per heavy atom. The zero-order valence-electron chi connectivity index (χ0n) is 7.02. The van der Waals surface area contributed by atoms with Crippen LogP contribution in [-0.4, -0.2) is 7.11 Å². The number of nitrogens with one attached hydrogen (secondary N) is 1. The predicted molar refractivity (Wildman–Crippen MR) is 50.6 cm³/mol. The van der Waals surface area contributed by atoms with E-state index in [-0.39, 0.29) is 0 Å². The zero-order chi connectivity index (χ0) is 9.14. The van der Waals surface area contributed by atoms with Crippen LogP contribution in [0.5, 0.6) is 5.75 Å². The van der Waals surface area contributed by atoms with Gasteiger partial charge in [-0.3, -0.25) is 5.84 Å². The highest BCUT2D eigenvalue weighted by Gasteiger charge is 2.04. The highest BCUT2D eigenvalue weighted by molar-refractivity contribution is 6.31. The Labute approximate surface area is 76.4 Å². The van der Waals surface area contributed by atoms with E-state index in [1.54, 1.807) is 13.2 Å². The van der Waals surface area contributed by atoms with E-state index in [0.29, 0.717) is 10.8 Å². The van der Waals surface area contributed by atoms with Gasteiger partial charge in [-0.05, 0) is 18.6 Å². The third-order valence-electron chi connectivity index (χ3n) is 1.64. The third kappa shape index (κ3) is 1.62. The Hall–Kier alpha value is -0.930. The number of nitrogen functional groups attached to an aromatic ring is 1. The first kappa shape index (κ1) is 9.16. The summed E-state index contributed by atoms with van der Waals surface area (Å²) in [6, 6.07) is 3.56. The van der Waals surface area contributed by atoms with Gasteiger partial charge in [0.25, 0.3) is 0 Å². The third-order valence-corrected chi connectivity index (χ3v) is 2.04. The summed E-state index contributed by atoms with van der Waals surface area (Å²) in [4.78, 5) is 0. The number of hydrogen-bond donors (Lipinski definition) is 2. The van der Waals surface area contributed by atoms with Gasteiger partial charge in [0.05, 0.1) is 12.8 Å². The first-order valence-electron chi connectivity index (χ1n) is 3.49. The molecule has 1 aromatic carbocycles. The molecule has 0 radical (unpaired) electrons. The van der Waals surface area contributed by atoms with E-state index in [4.69, 9.17) is 22.2 Å². The molecule has 0 bridgehead atoms. The summed E-state index contributed by atoms with van der Waals surface area (Å²) in [5.74, 6) is 5.92. The van der Waals surface area contributed by atoms with E-state index in [1.165, 1.54) is 0 Å². The minimum absolute atomic E-state index is 0.646. The molecule has 0 unspecified atom stereocenters. The van der Waals surface area contributed by atoms with Crippen LogP contribution in [0, 0.1) is 6.92 Å². The highest BCUT2D eigenvalue weighted by Crippen LogP contribution is 2.29. The monoisotopic (exact) mass is 186 g/mol. The molecule has 0 fully saturated rings. The number of nitrogens with two attached hydrogens (primary N) is 1. The number of rotatable bonds is 2. The van der Waals surface area contributed by atoms with Crippen molar-refractivity contribution >= 4 is 17.3 Å². The lowest BCUT2D eigenvalue weighted by atomic mass is 10.2. The molecule has 0 aromatic heterocycles. The maximum absolute atomic E-state index is 5.87. The zero-order valence-corrected chi connectivity index (χ0v) is 7.77. The number of hydrogen-bond acceptors (Lipinski definition) is 3. The van der Waals surface area contributed by atoms with Crippen molar-refractivity contribution in [1.82, 2.24) is 0 Å². The quantitative estimate of drug-likeness (QED) is 0.548. The number of benzene rings is 1. The molecule has 66 valence electrons.